The molecule has 1 aromatic heterocycles. The lowest BCUT2D eigenvalue weighted by Gasteiger charge is -2.27. The average molecular weight is 287 g/mol. The van der Waals surface area contributed by atoms with Crippen LogP contribution in [0.3, 0.4) is 0 Å². The average Bonchev–Trinajstić information content (AvgIpc) is 2.71. The van der Waals surface area contributed by atoms with Crippen LogP contribution in [-0.4, -0.2) is 31.7 Å². The number of nitrogens with one attached hydrogen (secondary N) is 1. The first-order valence-corrected chi connectivity index (χ1v) is 7.90. The Morgan fingerprint density at radius 2 is 2.32 bits per heavy atom. The number of rotatable bonds is 4. The van der Waals surface area contributed by atoms with Crippen LogP contribution in [0, 0.1) is 0 Å². The van der Waals surface area contributed by atoms with E-state index in [1.807, 2.05) is 6.92 Å². The van der Waals surface area contributed by atoms with Crippen LogP contribution in [0.25, 0.3) is 0 Å². The monoisotopic (exact) mass is 287 g/mol. The summed E-state index contributed by atoms with van der Waals surface area (Å²) in [7, 11) is -1.69. The molecule has 19 heavy (non-hydrogen) atoms. The zero-order chi connectivity index (χ0) is 14.0. The van der Waals surface area contributed by atoms with Crippen molar-refractivity contribution in [3.8, 4) is 0 Å². The molecule has 0 aromatic carbocycles. The smallest absolute Gasteiger partial charge is 0.242 e. The van der Waals surface area contributed by atoms with Crippen LogP contribution in [0.4, 0.5) is 0 Å². The van der Waals surface area contributed by atoms with Crippen LogP contribution in [-0.2, 0) is 28.4 Å². The van der Waals surface area contributed by atoms with Crippen molar-refractivity contribution >= 4 is 10.0 Å². The van der Waals surface area contributed by atoms with E-state index in [0.29, 0.717) is 26.0 Å². The molecule has 0 spiro atoms. The van der Waals surface area contributed by atoms with Gasteiger partial charge in [-0.05, 0) is 25.8 Å². The summed E-state index contributed by atoms with van der Waals surface area (Å²) in [6.07, 6.45) is 3.10. The minimum atomic E-state index is -3.48. The molecule has 0 saturated carbocycles. The van der Waals surface area contributed by atoms with Crippen molar-refractivity contribution in [1.29, 1.82) is 0 Å². The number of ether oxygens (including phenoxy) is 1. The highest BCUT2D eigenvalue weighted by molar-refractivity contribution is 7.89. The first-order valence-electron chi connectivity index (χ1n) is 6.41. The Balaban J connectivity index is 2.13. The van der Waals surface area contributed by atoms with E-state index < -0.39 is 10.0 Å². The Bertz CT molecular complexity index is 538. The minimum Gasteiger partial charge on any atom is -0.378 e. The second kappa shape index (κ2) is 5.62. The van der Waals surface area contributed by atoms with E-state index in [1.54, 1.807) is 23.9 Å². The van der Waals surface area contributed by atoms with Crippen LogP contribution >= 0.6 is 0 Å². The Hall–Kier alpha value is -0.890. The molecule has 7 heteroatoms. The van der Waals surface area contributed by atoms with E-state index in [9.17, 15) is 8.42 Å². The molecule has 2 atom stereocenters. The molecule has 1 saturated heterocycles. The van der Waals surface area contributed by atoms with Gasteiger partial charge < -0.3 is 15.0 Å². The summed E-state index contributed by atoms with van der Waals surface area (Å²) >= 11 is 0. The van der Waals surface area contributed by atoms with Gasteiger partial charge in [-0.25, -0.2) is 13.1 Å². The van der Waals surface area contributed by atoms with Crippen LogP contribution in [0.1, 0.15) is 25.5 Å². The van der Waals surface area contributed by atoms with Crippen molar-refractivity contribution in [1.82, 2.24) is 9.29 Å². The molecule has 2 unspecified atom stereocenters. The molecule has 1 aliphatic heterocycles. The molecular weight excluding hydrogens is 266 g/mol. The molecule has 2 heterocycles. The quantitative estimate of drug-likeness (QED) is 0.835. The van der Waals surface area contributed by atoms with Gasteiger partial charge in [0.15, 0.2) is 0 Å². The standard InChI is InChI=1S/C12H21N3O3S/c1-9-5-10(3-4-18-9)14-19(16,17)12-6-11(7-13)15(2)8-12/h6,8-10,14H,3-5,7,13H2,1-2H3. The van der Waals surface area contributed by atoms with Crippen molar-refractivity contribution in [3.05, 3.63) is 18.0 Å². The van der Waals surface area contributed by atoms with E-state index >= 15 is 0 Å². The Morgan fingerprint density at radius 1 is 1.58 bits per heavy atom. The van der Waals surface area contributed by atoms with E-state index in [2.05, 4.69) is 4.72 Å². The lowest BCUT2D eigenvalue weighted by atomic mass is 10.1. The zero-order valence-electron chi connectivity index (χ0n) is 11.3. The molecule has 0 amide bonds. The predicted octanol–water partition coefficient (Wildman–Crippen LogP) is 0.330. The largest absolute Gasteiger partial charge is 0.378 e. The number of sulfonamides is 1. The summed E-state index contributed by atoms with van der Waals surface area (Å²) in [5.74, 6) is 0. The minimum absolute atomic E-state index is 0.0599. The second-order valence-electron chi connectivity index (χ2n) is 5.01. The number of nitrogens with zero attached hydrogens (tertiary/aromatic N) is 1. The van der Waals surface area contributed by atoms with Gasteiger partial charge in [-0.15, -0.1) is 0 Å². The number of aryl methyl sites for hydroxylation is 1. The maximum Gasteiger partial charge on any atom is 0.242 e. The molecule has 0 aliphatic carbocycles. The van der Waals surface area contributed by atoms with Gasteiger partial charge in [-0.1, -0.05) is 0 Å². The number of aromatic nitrogens is 1. The topological polar surface area (TPSA) is 86.4 Å². The summed E-state index contributed by atoms with van der Waals surface area (Å²) in [6, 6.07) is 1.56. The highest BCUT2D eigenvalue weighted by Gasteiger charge is 2.26. The first-order chi connectivity index (χ1) is 8.92. The summed E-state index contributed by atoms with van der Waals surface area (Å²) in [5.41, 5.74) is 6.35. The molecule has 0 bridgehead atoms. The van der Waals surface area contributed by atoms with Crippen molar-refractivity contribution in [2.45, 2.75) is 43.4 Å². The van der Waals surface area contributed by atoms with Gasteiger partial charge in [0.2, 0.25) is 10.0 Å². The lowest BCUT2D eigenvalue weighted by molar-refractivity contribution is 0.0173. The Morgan fingerprint density at radius 3 is 2.89 bits per heavy atom. The van der Waals surface area contributed by atoms with Crippen LogP contribution < -0.4 is 10.5 Å². The van der Waals surface area contributed by atoms with Crippen molar-refractivity contribution in [3.63, 3.8) is 0 Å². The van der Waals surface area contributed by atoms with Gasteiger partial charge in [-0.2, -0.15) is 0 Å². The van der Waals surface area contributed by atoms with Crippen molar-refractivity contribution in [2.24, 2.45) is 12.8 Å². The van der Waals surface area contributed by atoms with Crippen LogP contribution in [0.5, 0.6) is 0 Å². The van der Waals surface area contributed by atoms with Gasteiger partial charge in [-0.3, -0.25) is 0 Å². The molecule has 6 nitrogen and oxygen atoms in total. The third-order valence-electron chi connectivity index (χ3n) is 3.41. The number of hydrogen-bond acceptors (Lipinski definition) is 4. The van der Waals surface area contributed by atoms with E-state index in [-0.39, 0.29) is 17.0 Å². The molecule has 2 rings (SSSR count). The van der Waals surface area contributed by atoms with E-state index in [4.69, 9.17) is 10.5 Å². The fourth-order valence-electron chi connectivity index (χ4n) is 2.32. The molecular formula is C12H21N3O3S. The third kappa shape index (κ3) is 3.36. The summed E-state index contributed by atoms with van der Waals surface area (Å²) in [6.45, 7) is 2.87. The van der Waals surface area contributed by atoms with Crippen molar-refractivity contribution in [2.75, 3.05) is 6.61 Å². The highest BCUT2D eigenvalue weighted by atomic mass is 32.2. The van der Waals surface area contributed by atoms with Gasteiger partial charge in [0.25, 0.3) is 0 Å². The molecule has 3 N–H and O–H groups in total. The predicted molar refractivity (Wildman–Crippen MR) is 72.1 cm³/mol. The summed E-state index contributed by atoms with van der Waals surface area (Å²) in [5, 5.41) is 0. The normalized spacial score (nSPS) is 24.6. The molecule has 0 radical (unpaired) electrons. The fourth-order valence-corrected chi connectivity index (χ4v) is 3.70. The number of hydrogen-bond donors (Lipinski definition) is 2. The maximum atomic E-state index is 12.3. The molecule has 108 valence electrons. The van der Waals surface area contributed by atoms with E-state index in [1.165, 1.54) is 0 Å². The van der Waals surface area contributed by atoms with Crippen molar-refractivity contribution < 1.29 is 13.2 Å². The zero-order valence-corrected chi connectivity index (χ0v) is 12.1. The number of nitrogens with two attached hydrogens (primary N) is 1. The Labute approximate surface area is 114 Å². The maximum absolute atomic E-state index is 12.3. The molecule has 1 aromatic rings. The summed E-state index contributed by atoms with van der Waals surface area (Å²) < 4.78 is 34.5. The first kappa shape index (κ1) is 14.5. The Kier molecular flexibility index (Phi) is 4.29. The summed E-state index contributed by atoms with van der Waals surface area (Å²) in [4.78, 5) is 0.273. The van der Waals surface area contributed by atoms with Crippen LogP contribution in [0.15, 0.2) is 17.2 Å². The lowest BCUT2D eigenvalue weighted by Crippen LogP contribution is -2.41. The van der Waals surface area contributed by atoms with Gasteiger partial charge in [0.1, 0.15) is 0 Å². The van der Waals surface area contributed by atoms with Gasteiger partial charge in [0.05, 0.1) is 11.0 Å². The third-order valence-corrected chi connectivity index (χ3v) is 4.90. The molecule has 1 aliphatic rings. The second-order valence-corrected chi connectivity index (χ2v) is 6.72. The molecule has 1 fully saturated rings. The van der Waals surface area contributed by atoms with Crippen LogP contribution in [0.2, 0.25) is 0 Å². The van der Waals surface area contributed by atoms with Gasteiger partial charge in [0, 0.05) is 38.1 Å². The van der Waals surface area contributed by atoms with Gasteiger partial charge >= 0.3 is 0 Å². The SMILES string of the molecule is CC1CC(NS(=O)(=O)c2cc(CN)n(C)c2)CCO1. The highest BCUT2D eigenvalue weighted by Crippen LogP contribution is 2.18. The fraction of sp³-hybridized carbons (Fsp3) is 0.667. The van der Waals surface area contributed by atoms with E-state index in [0.717, 1.165) is 5.69 Å².